The van der Waals surface area contributed by atoms with Crippen molar-refractivity contribution < 1.29 is 0 Å². The third-order valence-corrected chi connectivity index (χ3v) is 5.28. The molecule has 1 aliphatic rings. The van der Waals surface area contributed by atoms with Gasteiger partial charge in [-0.05, 0) is 35.4 Å². The second kappa shape index (κ2) is 4.10. The molecular weight excluding hydrogens is 274 g/mol. The van der Waals surface area contributed by atoms with Crippen LogP contribution in [-0.4, -0.2) is 6.04 Å². The number of halogens is 1. The van der Waals surface area contributed by atoms with E-state index < -0.39 is 0 Å². The Morgan fingerprint density at radius 2 is 1.76 bits per heavy atom. The number of hydrogen-bond donors (Lipinski definition) is 1. The maximum absolute atomic E-state index is 3.76. The van der Waals surface area contributed by atoms with E-state index in [1.807, 2.05) is 0 Å². The van der Waals surface area contributed by atoms with Crippen LogP contribution in [0.15, 0.2) is 28.7 Å². The molecule has 0 aromatic heterocycles. The molecule has 0 saturated heterocycles. The van der Waals surface area contributed by atoms with Gasteiger partial charge in [0.05, 0.1) is 0 Å². The number of rotatable bonds is 3. The van der Waals surface area contributed by atoms with E-state index in [-0.39, 0.29) is 0 Å². The average Bonchev–Trinajstić information content (AvgIpc) is 2.61. The fourth-order valence-corrected chi connectivity index (χ4v) is 3.15. The van der Waals surface area contributed by atoms with Gasteiger partial charge in [-0.15, -0.1) is 0 Å². The van der Waals surface area contributed by atoms with Crippen LogP contribution < -0.4 is 5.32 Å². The molecule has 1 N–H and O–H groups in total. The van der Waals surface area contributed by atoms with Crippen LogP contribution in [0.1, 0.15) is 46.2 Å². The van der Waals surface area contributed by atoms with Crippen LogP contribution in [0, 0.1) is 10.8 Å². The van der Waals surface area contributed by atoms with Crippen molar-refractivity contribution >= 4 is 15.9 Å². The topological polar surface area (TPSA) is 12.0 Å². The first-order chi connectivity index (χ1) is 7.76. The van der Waals surface area contributed by atoms with Crippen LogP contribution in [0.4, 0.5) is 0 Å². The van der Waals surface area contributed by atoms with Crippen molar-refractivity contribution in [3.8, 4) is 0 Å². The Balaban J connectivity index is 2.07. The van der Waals surface area contributed by atoms with E-state index in [0.717, 1.165) is 4.47 Å². The molecule has 1 unspecified atom stereocenters. The van der Waals surface area contributed by atoms with Gasteiger partial charge in [0.15, 0.2) is 0 Å². The van der Waals surface area contributed by atoms with Gasteiger partial charge in [-0.3, -0.25) is 0 Å². The number of nitrogens with one attached hydrogen (secondary N) is 1. The zero-order valence-electron chi connectivity index (χ0n) is 11.3. The summed E-state index contributed by atoms with van der Waals surface area (Å²) in [5, 5.41) is 3.76. The van der Waals surface area contributed by atoms with Gasteiger partial charge in [-0.25, -0.2) is 0 Å². The standard InChI is InChI=1S/C15H22BrN/c1-10(11-7-6-8-12(16)9-11)17-13-14(2,3)15(13,4)5/h6-10,13,17H,1-5H3. The van der Waals surface area contributed by atoms with Crippen LogP contribution in [0.25, 0.3) is 0 Å². The quantitative estimate of drug-likeness (QED) is 0.864. The molecular formula is C15H22BrN. The molecule has 0 heterocycles. The van der Waals surface area contributed by atoms with Crippen LogP contribution in [0.3, 0.4) is 0 Å². The predicted octanol–water partition coefficient (Wildman–Crippen LogP) is 4.53. The molecule has 0 amide bonds. The van der Waals surface area contributed by atoms with Crippen molar-refractivity contribution in [2.24, 2.45) is 10.8 Å². The molecule has 0 bridgehead atoms. The van der Waals surface area contributed by atoms with E-state index in [9.17, 15) is 0 Å². The summed E-state index contributed by atoms with van der Waals surface area (Å²) in [6.07, 6.45) is 0. The predicted molar refractivity (Wildman–Crippen MR) is 77.0 cm³/mol. The third kappa shape index (κ3) is 2.17. The fraction of sp³-hybridized carbons (Fsp3) is 0.600. The van der Waals surface area contributed by atoms with Crippen LogP contribution in [0.2, 0.25) is 0 Å². The summed E-state index contributed by atoms with van der Waals surface area (Å²) in [6, 6.07) is 9.55. The van der Waals surface area contributed by atoms with Gasteiger partial charge >= 0.3 is 0 Å². The normalized spacial score (nSPS) is 23.4. The molecule has 1 aliphatic carbocycles. The molecule has 2 rings (SSSR count). The van der Waals surface area contributed by atoms with Crippen molar-refractivity contribution in [2.75, 3.05) is 0 Å². The van der Waals surface area contributed by atoms with Gasteiger partial charge in [-0.1, -0.05) is 55.8 Å². The maximum atomic E-state index is 3.76. The SMILES string of the molecule is CC(NC1C(C)(C)C1(C)C)c1cccc(Br)c1. The van der Waals surface area contributed by atoms with Gasteiger partial charge in [0.2, 0.25) is 0 Å². The first-order valence-electron chi connectivity index (χ1n) is 6.28. The zero-order chi connectivity index (χ0) is 12.8. The smallest absolute Gasteiger partial charge is 0.0295 e. The molecule has 1 nitrogen and oxygen atoms in total. The Morgan fingerprint density at radius 3 is 2.24 bits per heavy atom. The summed E-state index contributed by atoms with van der Waals surface area (Å²) in [7, 11) is 0. The number of hydrogen-bond acceptors (Lipinski definition) is 1. The molecule has 17 heavy (non-hydrogen) atoms. The molecule has 1 atom stereocenters. The molecule has 0 spiro atoms. The van der Waals surface area contributed by atoms with E-state index >= 15 is 0 Å². The first kappa shape index (κ1) is 13.1. The molecule has 1 aromatic rings. The molecule has 1 fully saturated rings. The summed E-state index contributed by atoms with van der Waals surface area (Å²) < 4.78 is 1.15. The Labute approximate surface area is 113 Å². The Kier molecular flexibility index (Phi) is 3.16. The van der Waals surface area contributed by atoms with Crippen molar-refractivity contribution in [1.82, 2.24) is 5.32 Å². The summed E-state index contributed by atoms with van der Waals surface area (Å²) in [5.41, 5.74) is 2.14. The van der Waals surface area contributed by atoms with Gasteiger partial charge < -0.3 is 5.32 Å². The van der Waals surface area contributed by atoms with E-state index in [4.69, 9.17) is 0 Å². The third-order valence-electron chi connectivity index (χ3n) is 4.79. The summed E-state index contributed by atoms with van der Waals surface area (Å²) in [5.74, 6) is 0. The average molecular weight is 296 g/mol. The van der Waals surface area contributed by atoms with E-state index in [0.29, 0.717) is 22.9 Å². The highest BCUT2D eigenvalue weighted by molar-refractivity contribution is 9.10. The lowest BCUT2D eigenvalue weighted by molar-refractivity contribution is 0.457. The highest BCUT2D eigenvalue weighted by Crippen LogP contribution is 2.63. The molecule has 2 heteroatoms. The van der Waals surface area contributed by atoms with Gasteiger partial charge in [0, 0.05) is 16.6 Å². The minimum absolute atomic E-state index is 0.396. The highest BCUT2D eigenvalue weighted by atomic mass is 79.9. The monoisotopic (exact) mass is 295 g/mol. The van der Waals surface area contributed by atoms with E-state index in [1.165, 1.54) is 5.56 Å². The van der Waals surface area contributed by atoms with Crippen LogP contribution >= 0.6 is 15.9 Å². The number of benzene rings is 1. The summed E-state index contributed by atoms with van der Waals surface area (Å²) in [6.45, 7) is 11.6. The van der Waals surface area contributed by atoms with Crippen LogP contribution in [-0.2, 0) is 0 Å². The first-order valence-corrected chi connectivity index (χ1v) is 7.07. The maximum Gasteiger partial charge on any atom is 0.0295 e. The van der Waals surface area contributed by atoms with Crippen LogP contribution in [0.5, 0.6) is 0 Å². The second-order valence-corrected chi connectivity index (χ2v) is 7.24. The lowest BCUT2D eigenvalue weighted by Gasteiger charge is -2.16. The van der Waals surface area contributed by atoms with Gasteiger partial charge in [0.1, 0.15) is 0 Å². The fourth-order valence-electron chi connectivity index (χ4n) is 2.74. The summed E-state index contributed by atoms with van der Waals surface area (Å²) >= 11 is 3.53. The molecule has 94 valence electrons. The highest BCUT2D eigenvalue weighted by Gasteiger charge is 2.64. The van der Waals surface area contributed by atoms with Crippen molar-refractivity contribution in [2.45, 2.75) is 46.7 Å². The molecule has 1 saturated carbocycles. The van der Waals surface area contributed by atoms with Crippen molar-refractivity contribution in [3.05, 3.63) is 34.3 Å². The zero-order valence-corrected chi connectivity index (χ0v) is 12.9. The van der Waals surface area contributed by atoms with E-state index in [2.05, 4.69) is 80.1 Å². The molecule has 0 radical (unpaired) electrons. The van der Waals surface area contributed by atoms with Gasteiger partial charge in [-0.2, -0.15) is 0 Å². The largest absolute Gasteiger partial charge is 0.306 e. The Bertz CT molecular complexity index is 409. The van der Waals surface area contributed by atoms with Gasteiger partial charge in [0.25, 0.3) is 0 Å². The summed E-state index contributed by atoms with van der Waals surface area (Å²) in [4.78, 5) is 0. The van der Waals surface area contributed by atoms with Crippen molar-refractivity contribution in [1.29, 1.82) is 0 Å². The van der Waals surface area contributed by atoms with Crippen molar-refractivity contribution in [3.63, 3.8) is 0 Å². The van der Waals surface area contributed by atoms with E-state index in [1.54, 1.807) is 0 Å². The minimum Gasteiger partial charge on any atom is -0.306 e. The molecule has 1 aromatic carbocycles. The Hall–Kier alpha value is -0.340. The second-order valence-electron chi connectivity index (χ2n) is 6.32. The minimum atomic E-state index is 0.396. The lowest BCUT2D eigenvalue weighted by atomic mass is 10.0. The Morgan fingerprint density at radius 1 is 1.18 bits per heavy atom. The molecule has 0 aliphatic heterocycles. The lowest BCUT2D eigenvalue weighted by Crippen LogP contribution is -2.25.